The molecule has 1 heterocycles. The molecular formula is C18H26N4S2. The van der Waals surface area contributed by atoms with E-state index in [1.807, 2.05) is 25.7 Å². The molecule has 4 nitrogen and oxygen atoms in total. The Bertz CT molecular complexity index is 635. The third-order valence-electron chi connectivity index (χ3n) is 3.49. The van der Waals surface area contributed by atoms with Gasteiger partial charge in [0.15, 0.2) is 5.96 Å². The van der Waals surface area contributed by atoms with Crippen molar-refractivity contribution in [2.24, 2.45) is 4.99 Å². The summed E-state index contributed by atoms with van der Waals surface area (Å²) in [5, 5.41) is 9.94. The van der Waals surface area contributed by atoms with Crippen LogP contribution < -0.4 is 10.6 Å². The Morgan fingerprint density at radius 2 is 1.92 bits per heavy atom. The topological polar surface area (TPSA) is 49.3 Å². The lowest BCUT2D eigenvalue weighted by atomic mass is 10.2. The van der Waals surface area contributed by atoms with Gasteiger partial charge in [0.2, 0.25) is 0 Å². The van der Waals surface area contributed by atoms with Gasteiger partial charge < -0.3 is 10.6 Å². The number of hydrogen-bond acceptors (Lipinski definition) is 4. The monoisotopic (exact) mass is 362 g/mol. The first-order valence-corrected chi connectivity index (χ1v) is 10.2. The molecule has 1 aromatic heterocycles. The number of benzene rings is 1. The number of rotatable bonds is 8. The molecule has 0 aliphatic heterocycles. The predicted molar refractivity (Wildman–Crippen MR) is 107 cm³/mol. The minimum atomic E-state index is 0.847. The van der Waals surface area contributed by atoms with Gasteiger partial charge in [0.1, 0.15) is 0 Å². The normalized spacial score (nSPS) is 11.5. The first kappa shape index (κ1) is 18.8. The van der Waals surface area contributed by atoms with E-state index in [9.17, 15) is 0 Å². The van der Waals surface area contributed by atoms with E-state index in [4.69, 9.17) is 0 Å². The van der Waals surface area contributed by atoms with E-state index in [1.54, 1.807) is 11.3 Å². The summed E-state index contributed by atoms with van der Waals surface area (Å²) in [6.07, 6.45) is 0.924. The molecule has 2 N–H and O–H groups in total. The molecule has 24 heavy (non-hydrogen) atoms. The fourth-order valence-electron chi connectivity index (χ4n) is 2.17. The van der Waals surface area contributed by atoms with Crippen LogP contribution >= 0.6 is 23.1 Å². The first-order valence-electron chi connectivity index (χ1n) is 8.16. The molecule has 0 fully saturated rings. The molecular weight excluding hydrogens is 336 g/mol. The average molecular weight is 363 g/mol. The van der Waals surface area contributed by atoms with E-state index in [1.165, 1.54) is 11.1 Å². The Hall–Kier alpha value is -1.53. The maximum atomic E-state index is 4.47. The smallest absolute Gasteiger partial charge is 0.191 e. The number of thioether (sulfide) groups is 1. The van der Waals surface area contributed by atoms with Crippen molar-refractivity contribution < 1.29 is 0 Å². The predicted octanol–water partition coefficient (Wildman–Crippen LogP) is 3.40. The lowest BCUT2D eigenvalue weighted by Gasteiger charge is -2.11. The van der Waals surface area contributed by atoms with Gasteiger partial charge >= 0.3 is 0 Å². The molecule has 0 radical (unpaired) electrons. The van der Waals surface area contributed by atoms with Gasteiger partial charge in [-0.3, -0.25) is 4.99 Å². The highest BCUT2D eigenvalue weighted by Crippen LogP contribution is 2.12. The third kappa shape index (κ3) is 6.93. The van der Waals surface area contributed by atoms with Gasteiger partial charge in [-0.1, -0.05) is 29.8 Å². The van der Waals surface area contributed by atoms with Crippen molar-refractivity contribution in [1.29, 1.82) is 0 Å². The van der Waals surface area contributed by atoms with Crippen molar-refractivity contribution in [3.63, 3.8) is 0 Å². The number of hydrogen-bond donors (Lipinski definition) is 2. The van der Waals surface area contributed by atoms with Crippen LogP contribution in [0.5, 0.6) is 0 Å². The lowest BCUT2D eigenvalue weighted by molar-refractivity contribution is 0.800. The van der Waals surface area contributed by atoms with Crippen molar-refractivity contribution in [3.8, 4) is 0 Å². The molecule has 1 aromatic carbocycles. The molecule has 2 aromatic rings. The highest BCUT2D eigenvalue weighted by molar-refractivity contribution is 7.98. The summed E-state index contributed by atoms with van der Waals surface area (Å²) in [6.45, 7) is 5.91. The molecule has 0 unspecified atom stereocenters. The highest BCUT2D eigenvalue weighted by atomic mass is 32.2. The Kier molecular flexibility index (Phi) is 8.12. The minimum Gasteiger partial charge on any atom is -0.356 e. The molecule has 0 aliphatic carbocycles. The Balaban J connectivity index is 1.57. The van der Waals surface area contributed by atoms with Crippen LogP contribution in [0.2, 0.25) is 0 Å². The van der Waals surface area contributed by atoms with E-state index < -0.39 is 0 Å². The third-order valence-corrected chi connectivity index (χ3v) is 5.34. The van der Waals surface area contributed by atoms with Crippen LogP contribution in [0.25, 0.3) is 0 Å². The minimum absolute atomic E-state index is 0.847. The number of aryl methyl sites for hydroxylation is 2. The van der Waals surface area contributed by atoms with E-state index in [0.717, 1.165) is 47.7 Å². The second-order valence-electron chi connectivity index (χ2n) is 5.57. The number of aromatic nitrogens is 1. The van der Waals surface area contributed by atoms with Crippen LogP contribution in [-0.2, 0) is 12.2 Å². The Morgan fingerprint density at radius 1 is 1.17 bits per heavy atom. The molecule has 0 bridgehead atoms. The summed E-state index contributed by atoms with van der Waals surface area (Å²) < 4.78 is 0. The molecule has 2 rings (SSSR count). The summed E-state index contributed by atoms with van der Waals surface area (Å²) in [7, 11) is 1.81. The van der Waals surface area contributed by atoms with Gasteiger partial charge in [0.25, 0.3) is 0 Å². The molecule has 0 saturated heterocycles. The van der Waals surface area contributed by atoms with Crippen molar-refractivity contribution in [2.45, 2.75) is 26.0 Å². The number of guanidine groups is 1. The van der Waals surface area contributed by atoms with Crippen molar-refractivity contribution in [2.75, 3.05) is 25.9 Å². The van der Waals surface area contributed by atoms with E-state index >= 15 is 0 Å². The van der Waals surface area contributed by atoms with Crippen LogP contribution in [0, 0.1) is 13.8 Å². The average Bonchev–Trinajstić information content (AvgIpc) is 3.00. The molecule has 130 valence electrons. The number of thiazole rings is 1. The summed E-state index contributed by atoms with van der Waals surface area (Å²) >= 11 is 3.63. The summed E-state index contributed by atoms with van der Waals surface area (Å²) in [5.41, 5.74) is 3.84. The number of aliphatic imine (C=N–C) groups is 1. The van der Waals surface area contributed by atoms with Gasteiger partial charge in [0.05, 0.1) is 10.7 Å². The van der Waals surface area contributed by atoms with Crippen molar-refractivity contribution in [3.05, 3.63) is 51.5 Å². The second kappa shape index (κ2) is 10.4. The van der Waals surface area contributed by atoms with Crippen LogP contribution in [0.1, 0.15) is 21.8 Å². The van der Waals surface area contributed by atoms with Crippen molar-refractivity contribution in [1.82, 2.24) is 15.6 Å². The lowest BCUT2D eigenvalue weighted by Crippen LogP contribution is -2.39. The number of nitrogens with zero attached hydrogens (tertiary/aromatic N) is 2. The SMILES string of the molecule is CN=C(NCCSCc1ccc(C)cc1)NCCc1csc(C)n1. The van der Waals surface area contributed by atoms with Gasteiger partial charge in [-0.25, -0.2) is 4.98 Å². The Morgan fingerprint density at radius 3 is 2.58 bits per heavy atom. The van der Waals surface area contributed by atoms with Gasteiger partial charge in [-0.05, 0) is 19.4 Å². The zero-order valence-electron chi connectivity index (χ0n) is 14.6. The largest absolute Gasteiger partial charge is 0.356 e. The Labute approximate surface area is 153 Å². The molecule has 0 atom stereocenters. The summed E-state index contributed by atoms with van der Waals surface area (Å²) in [6, 6.07) is 8.75. The van der Waals surface area contributed by atoms with Crippen LogP contribution in [0.15, 0.2) is 34.6 Å². The van der Waals surface area contributed by atoms with Crippen molar-refractivity contribution >= 4 is 29.1 Å². The first-order chi connectivity index (χ1) is 11.7. The second-order valence-corrected chi connectivity index (χ2v) is 7.74. The van der Waals surface area contributed by atoms with E-state index in [2.05, 4.69) is 57.2 Å². The molecule has 0 amide bonds. The fourth-order valence-corrected chi connectivity index (χ4v) is 3.63. The summed E-state index contributed by atoms with van der Waals surface area (Å²) in [5.74, 6) is 2.97. The maximum absolute atomic E-state index is 4.47. The zero-order chi connectivity index (χ0) is 17.2. The summed E-state index contributed by atoms with van der Waals surface area (Å²) in [4.78, 5) is 8.73. The molecule has 0 aliphatic rings. The van der Waals surface area contributed by atoms with E-state index in [-0.39, 0.29) is 0 Å². The van der Waals surface area contributed by atoms with Crippen LogP contribution in [0.3, 0.4) is 0 Å². The standard InChI is InChI=1S/C18H26N4S2/c1-14-4-6-16(7-5-14)12-23-11-10-21-18(19-3)20-9-8-17-13-24-15(2)22-17/h4-7,13H,8-12H2,1-3H3,(H2,19,20,21). The molecule has 6 heteroatoms. The van der Waals surface area contributed by atoms with Gasteiger partial charge in [0, 0.05) is 43.4 Å². The molecule has 0 saturated carbocycles. The number of nitrogens with one attached hydrogen (secondary N) is 2. The maximum Gasteiger partial charge on any atom is 0.191 e. The highest BCUT2D eigenvalue weighted by Gasteiger charge is 2.00. The van der Waals surface area contributed by atoms with Gasteiger partial charge in [-0.2, -0.15) is 11.8 Å². The zero-order valence-corrected chi connectivity index (χ0v) is 16.3. The fraction of sp³-hybridized carbons (Fsp3) is 0.444. The van der Waals surface area contributed by atoms with E-state index in [0.29, 0.717) is 0 Å². The van der Waals surface area contributed by atoms with Crippen LogP contribution in [-0.4, -0.2) is 36.8 Å². The molecule has 0 spiro atoms. The van der Waals surface area contributed by atoms with Crippen LogP contribution in [0.4, 0.5) is 0 Å². The quantitative estimate of drug-likeness (QED) is 0.429. The van der Waals surface area contributed by atoms with Gasteiger partial charge in [-0.15, -0.1) is 11.3 Å².